The lowest BCUT2D eigenvalue weighted by Crippen LogP contribution is -2.42. The van der Waals surface area contributed by atoms with Gasteiger partial charge in [-0.15, -0.1) is 0 Å². The number of rotatable bonds is 4. The van der Waals surface area contributed by atoms with Gasteiger partial charge in [-0.05, 0) is 72.9 Å². The van der Waals surface area contributed by atoms with Crippen molar-refractivity contribution in [2.75, 3.05) is 23.7 Å². The molecule has 1 saturated heterocycles. The Kier molecular flexibility index (Phi) is 7.06. The maximum atomic E-state index is 13.0. The molecule has 0 aliphatic carbocycles. The van der Waals surface area contributed by atoms with Crippen molar-refractivity contribution in [2.45, 2.75) is 25.2 Å². The molecule has 1 heterocycles. The van der Waals surface area contributed by atoms with Gasteiger partial charge in [0.15, 0.2) is 5.11 Å². The highest BCUT2D eigenvalue weighted by molar-refractivity contribution is 7.89. The van der Waals surface area contributed by atoms with Crippen molar-refractivity contribution in [3.05, 3.63) is 52.5 Å². The fourth-order valence-electron chi connectivity index (χ4n) is 3.54. The van der Waals surface area contributed by atoms with Crippen LogP contribution in [0.3, 0.4) is 0 Å². The quantitative estimate of drug-likeness (QED) is 0.578. The number of thiocarbonyl (C=S) groups is 1. The molecule has 1 aliphatic heterocycles. The number of anilines is 2. The number of nitrogens with one attached hydrogen (secondary N) is 2. The molecule has 3 rings (SSSR count). The summed E-state index contributed by atoms with van der Waals surface area (Å²) < 4.78 is 27.5. The van der Waals surface area contributed by atoms with Gasteiger partial charge < -0.3 is 10.6 Å². The molecule has 9 heteroatoms. The van der Waals surface area contributed by atoms with E-state index in [0.29, 0.717) is 51.5 Å². The number of hydrogen-bond donors (Lipinski definition) is 2. The Bertz CT molecular complexity index is 987. The van der Waals surface area contributed by atoms with Crippen molar-refractivity contribution in [3.8, 4) is 0 Å². The van der Waals surface area contributed by atoms with Crippen molar-refractivity contribution in [3.63, 3.8) is 0 Å². The summed E-state index contributed by atoms with van der Waals surface area (Å²) in [5, 5.41) is 7.34. The predicted octanol–water partition coefficient (Wildman–Crippen LogP) is 5.47. The van der Waals surface area contributed by atoms with E-state index in [4.69, 9.17) is 35.4 Å². The normalized spacial score (nSPS) is 20.3. The molecule has 1 fully saturated rings. The molecule has 5 nitrogen and oxygen atoms in total. The minimum atomic E-state index is -3.50. The maximum absolute atomic E-state index is 13.0. The largest absolute Gasteiger partial charge is 0.332 e. The van der Waals surface area contributed by atoms with Crippen molar-refractivity contribution in [2.24, 2.45) is 11.8 Å². The van der Waals surface area contributed by atoms with Crippen molar-refractivity contribution >= 4 is 61.9 Å². The molecule has 2 atom stereocenters. The van der Waals surface area contributed by atoms with E-state index in [2.05, 4.69) is 24.5 Å². The number of halogens is 2. The summed E-state index contributed by atoms with van der Waals surface area (Å²) in [4.78, 5) is 0.281. The van der Waals surface area contributed by atoms with Crippen LogP contribution in [-0.4, -0.2) is 30.9 Å². The molecule has 2 aromatic rings. The SMILES string of the molecule is C[C@@H]1C[C@@H](C)CN(S(=O)(=O)c2ccc(NC(=S)Nc3ccc(Cl)cc3Cl)cc2)C1. The van der Waals surface area contributed by atoms with Crippen molar-refractivity contribution in [1.82, 2.24) is 4.31 Å². The average Bonchev–Trinajstić information content (AvgIpc) is 2.64. The van der Waals surface area contributed by atoms with Crippen molar-refractivity contribution in [1.29, 1.82) is 0 Å². The summed E-state index contributed by atoms with van der Waals surface area (Å²) in [6.07, 6.45) is 1.05. The third-order valence-corrected chi connectivity index (χ3v) is 7.36. The molecule has 2 N–H and O–H groups in total. The first-order valence-electron chi connectivity index (χ1n) is 9.28. The number of piperidine rings is 1. The number of hydrogen-bond acceptors (Lipinski definition) is 3. The molecule has 0 unspecified atom stereocenters. The highest BCUT2D eigenvalue weighted by Gasteiger charge is 2.31. The molecule has 0 bridgehead atoms. The van der Waals surface area contributed by atoms with Crippen LogP contribution < -0.4 is 10.6 Å². The molecule has 0 amide bonds. The van der Waals surface area contributed by atoms with Gasteiger partial charge >= 0.3 is 0 Å². The topological polar surface area (TPSA) is 61.4 Å². The van der Waals surface area contributed by atoms with Gasteiger partial charge in [-0.25, -0.2) is 8.42 Å². The zero-order valence-corrected chi connectivity index (χ0v) is 19.3. The Balaban J connectivity index is 1.67. The van der Waals surface area contributed by atoms with Crippen LogP contribution in [0.25, 0.3) is 0 Å². The third kappa shape index (κ3) is 5.61. The van der Waals surface area contributed by atoms with E-state index >= 15 is 0 Å². The lowest BCUT2D eigenvalue weighted by Gasteiger charge is -2.34. The van der Waals surface area contributed by atoms with Gasteiger partial charge in [0.1, 0.15) is 0 Å². The first-order chi connectivity index (χ1) is 13.6. The smallest absolute Gasteiger partial charge is 0.243 e. The van der Waals surface area contributed by atoms with Crippen LogP contribution in [-0.2, 0) is 10.0 Å². The van der Waals surface area contributed by atoms with E-state index in [9.17, 15) is 8.42 Å². The van der Waals surface area contributed by atoms with E-state index in [1.807, 2.05) is 0 Å². The predicted molar refractivity (Wildman–Crippen MR) is 124 cm³/mol. The van der Waals surface area contributed by atoms with Crippen LogP contribution in [0.5, 0.6) is 0 Å². The highest BCUT2D eigenvalue weighted by Crippen LogP contribution is 2.28. The Morgan fingerprint density at radius 1 is 1.03 bits per heavy atom. The molecule has 2 aromatic carbocycles. The van der Waals surface area contributed by atoms with Gasteiger partial charge in [-0.3, -0.25) is 0 Å². The van der Waals surface area contributed by atoms with Crippen LogP contribution in [0.15, 0.2) is 47.4 Å². The number of nitrogens with zero attached hydrogens (tertiary/aromatic N) is 1. The van der Waals surface area contributed by atoms with Crippen LogP contribution in [0.4, 0.5) is 11.4 Å². The Morgan fingerprint density at radius 3 is 2.24 bits per heavy atom. The van der Waals surface area contributed by atoms with E-state index in [0.717, 1.165) is 6.42 Å². The van der Waals surface area contributed by atoms with Gasteiger partial charge in [0, 0.05) is 23.8 Å². The molecule has 0 radical (unpaired) electrons. The summed E-state index contributed by atoms with van der Waals surface area (Å²) in [6, 6.07) is 11.6. The fourth-order valence-corrected chi connectivity index (χ4v) is 5.90. The lowest BCUT2D eigenvalue weighted by atomic mass is 9.94. The number of sulfonamides is 1. The second kappa shape index (κ2) is 9.18. The molecule has 156 valence electrons. The molecular formula is C20H23Cl2N3O2S2. The minimum Gasteiger partial charge on any atom is -0.332 e. The third-order valence-electron chi connectivity index (χ3n) is 4.76. The van der Waals surface area contributed by atoms with Crippen LogP contribution in [0, 0.1) is 11.8 Å². The molecule has 0 saturated carbocycles. The molecule has 29 heavy (non-hydrogen) atoms. The number of benzene rings is 2. The zero-order valence-electron chi connectivity index (χ0n) is 16.2. The van der Waals surface area contributed by atoms with Gasteiger partial charge in [-0.1, -0.05) is 37.0 Å². The highest BCUT2D eigenvalue weighted by atomic mass is 35.5. The summed E-state index contributed by atoms with van der Waals surface area (Å²) in [5.74, 6) is 0.718. The first-order valence-corrected chi connectivity index (χ1v) is 11.9. The van der Waals surface area contributed by atoms with Crippen molar-refractivity contribution < 1.29 is 8.42 Å². The lowest BCUT2D eigenvalue weighted by molar-refractivity contribution is 0.222. The maximum Gasteiger partial charge on any atom is 0.243 e. The summed E-state index contributed by atoms with van der Waals surface area (Å²) in [7, 11) is -3.50. The van der Waals surface area contributed by atoms with E-state index < -0.39 is 10.0 Å². The average molecular weight is 472 g/mol. The monoisotopic (exact) mass is 471 g/mol. The van der Waals surface area contributed by atoms with E-state index in [1.54, 1.807) is 46.8 Å². The summed E-state index contributed by atoms with van der Waals surface area (Å²) >= 11 is 17.3. The first kappa shape index (κ1) is 22.3. The minimum absolute atomic E-state index is 0.281. The van der Waals surface area contributed by atoms with Gasteiger partial charge in [0.2, 0.25) is 10.0 Å². The van der Waals surface area contributed by atoms with E-state index in [-0.39, 0.29) is 4.90 Å². The molecular weight excluding hydrogens is 449 g/mol. The van der Waals surface area contributed by atoms with Gasteiger partial charge in [-0.2, -0.15) is 4.31 Å². The Hall–Kier alpha value is -1.38. The Morgan fingerprint density at radius 2 is 1.66 bits per heavy atom. The Labute approximate surface area is 187 Å². The standard InChI is InChI=1S/C20H23Cl2N3O2S2/c1-13-9-14(2)12-25(11-13)29(26,27)17-6-4-16(5-7-17)23-20(28)24-19-8-3-15(21)10-18(19)22/h3-8,10,13-14H,9,11-12H2,1-2H3,(H2,23,24,28)/t13-,14-/m1/s1. The zero-order chi connectivity index (χ0) is 21.2. The van der Waals surface area contributed by atoms with Crippen LogP contribution in [0.2, 0.25) is 10.0 Å². The molecule has 1 aliphatic rings. The van der Waals surface area contributed by atoms with E-state index in [1.165, 1.54) is 0 Å². The van der Waals surface area contributed by atoms with Crippen LogP contribution >= 0.6 is 35.4 Å². The summed E-state index contributed by atoms with van der Waals surface area (Å²) in [6.45, 7) is 5.29. The van der Waals surface area contributed by atoms with Gasteiger partial charge in [0.25, 0.3) is 0 Å². The van der Waals surface area contributed by atoms with Gasteiger partial charge in [0.05, 0.1) is 15.6 Å². The fraction of sp³-hybridized carbons (Fsp3) is 0.350. The van der Waals surface area contributed by atoms with Crippen LogP contribution in [0.1, 0.15) is 20.3 Å². The second-order valence-electron chi connectivity index (χ2n) is 7.50. The second-order valence-corrected chi connectivity index (χ2v) is 10.7. The molecule has 0 aromatic heterocycles. The summed E-state index contributed by atoms with van der Waals surface area (Å²) in [5.41, 5.74) is 1.30. The molecule has 0 spiro atoms.